The summed E-state index contributed by atoms with van der Waals surface area (Å²) in [7, 11) is 1.69. The highest BCUT2D eigenvalue weighted by Crippen LogP contribution is 2.11. The summed E-state index contributed by atoms with van der Waals surface area (Å²) < 4.78 is 3.07. The first kappa shape index (κ1) is 17.8. The second-order valence-electron chi connectivity index (χ2n) is 5.83. The molecule has 1 amide bonds. The number of carbonyl (C=O) groups is 2. The lowest BCUT2D eigenvalue weighted by Gasteiger charge is -2.14. The third-order valence-corrected chi connectivity index (χ3v) is 4.09. The molecule has 2 N–H and O–H groups in total. The fourth-order valence-corrected chi connectivity index (χ4v) is 2.72. The van der Waals surface area contributed by atoms with E-state index in [4.69, 9.17) is 5.11 Å². The zero-order valence-electron chi connectivity index (χ0n) is 14.0. The van der Waals surface area contributed by atoms with Crippen molar-refractivity contribution in [1.29, 1.82) is 0 Å². The van der Waals surface area contributed by atoms with Crippen molar-refractivity contribution < 1.29 is 14.7 Å². The molecule has 2 aromatic rings. The Hall–Kier alpha value is -2.57. The van der Waals surface area contributed by atoms with E-state index in [9.17, 15) is 14.4 Å². The first-order valence-electron chi connectivity index (χ1n) is 8.12. The molecule has 0 bridgehead atoms. The molecular weight excluding hydrogens is 310 g/mol. The summed E-state index contributed by atoms with van der Waals surface area (Å²) in [6.07, 6.45) is 2.07. The predicted molar refractivity (Wildman–Crippen MR) is 90.9 cm³/mol. The fourth-order valence-electron chi connectivity index (χ4n) is 2.72. The number of carboxylic acids is 1. The number of amides is 1. The molecule has 0 aliphatic rings. The number of rotatable bonds is 8. The molecule has 0 radical (unpaired) electrons. The number of nitrogens with zero attached hydrogens (tertiary/aromatic N) is 2. The van der Waals surface area contributed by atoms with Crippen LogP contribution in [0.4, 0.5) is 0 Å². The van der Waals surface area contributed by atoms with E-state index in [1.165, 1.54) is 9.13 Å². The number of hydrogen-bond donors (Lipinski definition) is 2. The molecular formula is C17H23N3O4. The molecule has 1 aromatic heterocycles. The topological polar surface area (TPSA) is 93.3 Å². The lowest BCUT2D eigenvalue weighted by Crippen LogP contribution is -2.41. The molecule has 7 nitrogen and oxygen atoms in total. The van der Waals surface area contributed by atoms with E-state index in [1.54, 1.807) is 7.05 Å². The Morgan fingerprint density at radius 1 is 1.25 bits per heavy atom. The lowest BCUT2D eigenvalue weighted by atomic mass is 10.1. The van der Waals surface area contributed by atoms with Gasteiger partial charge in [0.1, 0.15) is 6.04 Å². The van der Waals surface area contributed by atoms with Crippen molar-refractivity contribution in [3.8, 4) is 0 Å². The Morgan fingerprint density at radius 3 is 2.54 bits per heavy atom. The Bertz CT molecular complexity index is 791. The van der Waals surface area contributed by atoms with Crippen LogP contribution in [0.1, 0.15) is 32.6 Å². The number of aliphatic carboxylic acids is 1. The predicted octanol–water partition coefficient (Wildman–Crippen LogP) is 1.49. The molecule has 1 aromatic carbocycles. The molecule has 2 rings (SSSR count). The first-order chi connectivity index (χ1) is 11.5. The molecule has 0 saturated heterocycles. The lowest BCUT2D eigenvalue weighted by molar-refractivity contribution is -0.142. The Kier molecular flexibility index (Phi) is 5.78. The summed E-state index contributed by atoms with van der Waals surface area (Å²) in [4.78, 5) is 35.5. The van der Waals surface area contributed by atoms with E-state index in [0.29, 0.717) is 6.42 Å². The second-order valence-corrected chi connectivity index (χ2v) is 5.83. The summed E-state index contributed by atoms with van der Waals surface area (Å²) in [5.74, 6) is -1.39. The monoisotopic (exact) mass is 333 g/mol. The van der Waals surface area contributed by atoms with Gasteiger partial charge in [0.05, 0.1) is 11.0 Å². The van der Waals surface area contributed by atoms with Gasteiger partial charge in [0.15, 0.2) is 0 Å². The SMILES string of the molecule is CCCC[C@H](NC(=O)CCn1c(=O)n(C)c2ccccc21)C(=O)O. The third-order valence-electron chi connectivity index (χ3n) is 4.09. The van der Waals surface area contributed by atoms with Crippen LogP contribution in [0.3, 0.4) is 0 Å². The molecule has 24 heavy (non-hydrogen) atoms. The van der Waals surface area contributed by atoms with Crippen LogP contribution in [0, 0.1) is 0 Å². The van der Waals surface area contributed by atoms with Gasteiger partial charge in [0.25, 0.3) is 0 Å². The van der Waals surface area contributed by atoms with E-state index < -0.39 is 12.0 Å². The standard InChI is InChI=1S/C17H23N3O4/c1-3-4-7-12(16(22)23)18-15(21)10-11-20-14-9-6-5-8-13(14)19(2)17(20)24/h5-6,8-9,12H,3-4,7,10-11H2,1-2H3,(H,18,21)(H,22,23)/t12-/m0/s1. The van der Waals surface area contributed by atoms with Gasteiger partial charge in [-0.3, -0.25) is 13.9 Å². The minimum Gasteiger partial charge on any atom is -0.480 e. The summed E-state index contributed by atoms with van der Waals surface area (Å²) in [5.41, 5.74) is 1.37. The zero-order chi connectivity index (χ0) is 17.7. The molecule has 1 heterocycles. The van der Waals surface area contributed by atoms with E-state index >= 15 is 0 Å². The van der Waals surface area contributed by atoms with Gasteiger partial charge >= 0.3 is 11.7 Å². The van der Waals surface area contributed by atoms with Gasteiger partial charge in [0.2, 0.25) is 5.91 Å². The molecule has 0 saturated carbocycles. The van der Waals surface area contributed by atoms with Crippen molar-refractivity contribution in [1.82, 2.24) is 14.5 Å². The molecule has 0 spiro atoms. The van der Waals surface area contributed by atoms with Crippen molar-refractivity contribution in [3.63, 3.8) is 0 Å². The number of carboxylic acid groups (broad SMARTS) is 1. The van der Waals surface area contributed by atoms with Crippen LogP contribution < -0.4 is 11.0 Å². The van der Waals surface area contributed by atoms with Gasteiger partial charge < -0.3 is 10.4 Å². The second kappa shape index (κ2) is 7.81. The van der Waals surface area contributed by atoms with E-state index in [0.717, 1.165) is 23.9 Å². The number of imidazole rings is 1. The van der Waals surface area contributed by atoms with Crippen LogP contribution in [0.5, 0.6) is 0 Å². The number of aryl methyl sites for hydroxylation is 2. The highest BCUT2D eigenvalue weighted by Gasteiger charge is 2.19. The number of unbranched alkanes of at least 4 members (excludes halogenated alkanes) is 1. The molecule has 130 valence electrons. The summed E-state index contributed by atoms with van der Waals surface area (Å²) in [5, 5.41) is 11.7. The number of hydrogen-bond acceptors (Lipinski definition) is 3. The summed E-state index contributed by atoms with van der Waals surface area (Å²) in [6.45, 7) is 2.18. The van der Waals surface area contributed by atoms with Gasteiger partial charge in [-0.05, 0) is 18.6 Å². The number of aromatic nitrogens is 2. The van der Waals surface area contributed by atoms with Crippen LogP contribution >= 0.6 is 0 Å². The molecule has 0 aliphatic heterocycles. The van der Waals surface area contributed by atoms with E-state index in [-0.39, 0.29) is 24.6 Å². The first-order valence-corrected chi connectivity index (χ1v) is 8.12. The van der Waals surface area contributed by atoms with Gasteiger partial charge in [0, 0.05) is 20.0 Å². The van der Waals surface area contributed by atoms with Crippen LogP contribution in [-0.4, -0.2) is 32.2 Å². The average Bonchev–Trinajstić information content (AvgIpc) is 2.81. The molecule has 1 atom stereocenters. The zero-order valence-corrected chi connectivity index (χ0v) is 14.0. The van der Waals surface area contributed by atoms with Crippen molar-refractivity contribution in [2.45, 2.75) is 45.2 Å². The van der Waals surface area contributed by atoms with Crippen LogP contribution in [0.2, 0.25) is 0 Å². The minimum atomic E-state index is -1.03. The number of nitrogens with one attached hydrogen (secondary N) is 1. The Balaban J connectivity index is 2.05. The van der Waals surface area contributed by atoms with Crippen LogP contribution in [-0.2, 0) is 23.2 Å². The summed E-state index contributed by atoms with van der Waals surface area (Å²) >= 11 is 0. The van der Waals surface area contributed by atoms with Gasteiger partial charge in [-0.15, -0.1) is 0 Å². The number of fused-ring (bicyclic) bond motifs is 1. The maximum atomic E-state index is 12.3. The van der Waals surface area contributed by atoms with Gasteiger partial charge in [-0.1, -0.05) is 31.9 Å². The van der Waals surface area contributed by atoms with Gasteiger partial charge in [-0.2, -0.15) is 0 Å². The van der Waals surface area contributed by atoms with Gasteiger partial charge in [-0.25, -0.2) is 9.59 Å². The molecule has 0 aliphatic carbocycles. The molecule has 0 unspecified atom stereocenters. The average molecular weight is 333 g/mol. The normalized spacial score (nSPS) is 12.2. The number of benzene rings is 1. The van der Waals surface area contributed by atoms with Crippen LogP contribution in [0.25, 0.3) is 11.0 Å². The molecule has 7 heteroatoms. The largest absolute Gasteiger partial charge is 0.480 e. The van der Waals surface area contributed by atoms with Crippen LogP contribution in [0.15, 0.2) is 29.1 Å². The third kappa shape index (κ3) is 3.84. The quantitative estimate of drug-likeness (QED) is 0.765. The highest BCUT2D eigenvalue weighted by molar-refractivity contribution is 5.83. The van der Waals surface area contributed by atoms with Crippen molar-refractivity contribution >= 4 is 22.9 Å². The van der Waals surface area contributed by atoms with Crippen molar-refractivity contribution in [2.75, 3.05) is 0 Å². The molecule has 0 fully saturated rings. The Morgan fingerprint density at radius 2 is 1.92 bits per heavy atom. The fraction of sp³-hybridized carbons (Fsp3) is 0.471. The summed E-state index contributed by atoms with van der Waals surface area (Å²) in [6, 6.07) is 6.49. The minimum absolute atomic E-state index is 0.0593. The maximum absolute atomic E-state index is 12.3. The number of para-hydroxylation sites is 2. The smallest absolute Gasteiger partial charge is 0.328 e. The Labute approximate surface area is 139 Å². The van der Waals surface area contributed by atoms with E-state index in [2.05, 4.69) is 5.32 Å². The number of carbonyl (C=O) groups excluding carboxylic acids is 1. The van der Waals surface area contributed by atoms with Crippen molar-refractivity contribution in [3.05, 3.63) is 34.7 Å². The maximum Gasteiger partial charge on any atom is 0.328 e. The van der Waals surface area contributed by atoms with Crippen molar-refractivity contribution in [2.24, 2.45) is 7.05 Å². The highest BCUT2D eigenvalue weighted by atomic mass is 16.4. The van der Waals surface area contributed by atoms with E-state index in [1.807, 2.05) is 31.2 Å².